The van der Waals surface area contributed by atoms with Crippen molar-refractivity contribution in [3.05, 3.63) is 101 Å². The van der Waals surface area contributed by atoms with Crippen LogP contribution in [-0.2, 0) is 4.79 Å². The van der Waals surface area contributed by atoms with Crippen LogP contribution in [0.2, 0.25) is 0 Å². The summed E-state index contributed by atoms with van der Waals surface area (Å²) in [5, 5.41) is 15.7. The molecule has 0 fully saturated rings. The van der Waals surface area contributed by atoms with E-state index in [1.807, 2.05) is 86.6 Å². The first-order valence-electron chi connectivity index (χ1n) is 11.5. The number of aryl methyl sites for hydroxylation is 2. The summed E-state index contributed by atoms with van der Waals surface area (Å²) in [6, 6.07) is 23.1. The fraction of sp³-hybridized carbons (Fsp3) is 0.143. The second-order valence-electron chi connectivity index (χ2n) is 8.33. The number of thioether (sulfide) groups is 1. The molecule has 0 spiro atoms. The van der Waals surface area contributed by atoms with Crippen molar-refractivity contribution in [2.45, 2.75) is 13.8 Å². The summed E-state index contributed by atoms with van der Waals surface area (Å²) < 4.78 is 11.6. The highest BCUT2D eigenvalue weighted by atomic mass is 32.2. The maximum atomic E-state index is 12.8. The van der Waals surface area contributed by atoms with Crippen molar-refractivity contribution in [2.75, 3.05) is 13.2 Å². The topological polar surface area (TPSA) is 87.3 Å². The molecule has 3 aromatic carbocycles. The van der Waals surface area contributed by atoms with Gasteiger partial charge in [0.15, 0.2) is 5.84 Å². The molecule has 0 radical (unpaired) electrons. The molecule has 1 N–H and O–H groups in total. The van der Waals surface area contributed by atoms with Crippen LogP contribution in [0.15, 0.2) is 88.5 Å². The van der Waals surface area contributed by atoms with Gasteiger partial charge >= 0.3 is 0 Å². The first kappa shape index (κ1) is 23.6. The molecule has 0 aromatic heterocycles. The van der Waals surface area contributed by atoms with Crippen molar-refractivity contribution in [2.24, 2.45) is 10.1 Å². The van der Waals surface area contributed by atoms with Crippen molar-refractivity contribution in [1.82, 2.24) is 5.01 Å². The number of ether oxygens (including phenoxy) is 2. The van der Waals surface area contributed by atoms with E-state index in [1.54, 1.807) is 6.08 Å². The third-order valence-electron chi connectivity index (χ3n) is 5.63. The molecule has 5 rings (SSSR count). The highest BCUT2D eigenvalue weighted by Crippen LogP contribution is 2.31. The molecule has 36 heavy (non-hydrogen) atoms. The molecule has 0 bridgehead atoms. The van der Waals surface area contributed by atoms with Gasteiger partial charge in [-0.3, -0.25) is 10.2 Å². The lowest BCUT2D eigenvalue weighted by atomic mass is 10.1. The van der Waals surface area contributed by atoms with E-state index in [1.165, 1.54) is 16.8 Å². The number of carbonyl (C=O) groups is 1. The largest absolute Gasteiger partial charge is 0.490 e. The molecule has 180 valence electrons. The number of hydrogen-bond acceptors (Lipinski definition) is 6. The van der Waals surface area contributed by atoms with Gasteiger partial charge in [-0.2, -0.15) is 15.1 Å². The van der Waals surface area contributed by atoms with Crippen LogP contribution in [-0.4, -0.2) is 40.2 Å². The van der Waals surface area contributed by atoms with Crippen LogP contribution in [0.4, 0.5) is 0 Å². The van der Waals surface area contributed by atoms with Crippen LogP contribution in [0.3, 0.4) is 0 Å². The van der Waals surface area contributed by atoms with Crippen molar-refractivity contribution < 1.29 is 14.3 Å². The van der Waals surface area contributed by atoms with E-state index >= 15 is 0 Å². The Morgan fingerprint density at radius 2 is 1.75 bits per heavy atom. The van der Waals surface area contributed by atoms with Gasteiger partial charge in [0.25, 0.3) is 5.91 Å². The molecule has 0 unspecified atom stereocenters. The quantitative estimate of drug-likeness (QED) is 0.348. The molecular formula is C28H24N4O3S. The molecule has 1 amide bonds. The minimum atomic E-state index is -0.461. The third kappa shape index (κ3) is 5.08. The zero-order chi connectivity index (χ0) is 25.1. The SMILES string of the molecule is Cc1ccc(C2=NN3C(=N)/C(=C/c4cccc(OCCOc5ccccc5C)c4)C(=O)N=C3S2)cc1. The molecular weight excluding hydrogens is 472 g/mol. The van der Waals surface area contributed by atoms with Crippen LogP contribution in [0, 0.1) is 19.3 Å². The Balaban J connectivity index is 1.27. The molecule has 2 aliphatic heterocycles. The zero-order valence-electron chi connectivity index (χ0n) is 19.9. The van der Waals surface area contributed by atoms with E-state index in [0.717, 1.165) is 28.0 Å². The van der Waals surface area contributed by atoms with Gasteiger partial charge in [0.2, 0.25) is 5.17 Å². The molecule has 8 heteroatoms. The number of hydrazone groups is 1. The van der Waals surface area contributed by atoms with Gasteiger partial charge < -0.3 is 9.47 Å². The van der Waals surface area contributed by atoms with Crippen LogP contribution in [0.1, 0.15) is 22.3 Å². The van der Waals surface area contributed by atoms with Crippen LogP contribution in [0.5, 0.6) is 11.5 Å². The lowest BCUT2D eigenvalue weighted by Crippen LogP contribution is -2.35. The smallest absolute Gasteiger partial charge is 0.283 e. The predicted molar refractivity (Wildman–Crippen MR) is 144 cm³/mol. The van der Waals surface area contributed by atoms with E-state index < -0.39 is 5.91 Å². The first-order chi connectivity index (χ1) is 17.5. The van der Waals surface area contributed by atoms with Crippen LogP contribution in [0.25, 0.3) is 6.08 Å². The summed E-state index contributed by atoms with van der Waals surface area (Å²) in [6.07, 6.45) is 1.64. The molecule has 0 saturated carbocycles. The third-order valence-corrected chi connectivity index (χ3v) is 6.58. The Bertz CT molecular complexity index is 1430. The zero-order valence-corrected chi connectivity index (χ0v) is 20.7. The van der Waals surface area contributed by atoms with Gasteiger partial charge in [-0.1, -0.05) is 60.2 Å². The van der Waals surface area contributed by atoms with Crippen molar-refractivity contribution in [1.29, 1.82) is 5.41 Å². The van der Waals surface area contributed by atoms with E-state index in [4.69, 9.17) is 14.9 Å². The van der Waals surface area contributed by atoms with E-state index in [0.29, 0.717) is 29.2 Å². The highest BCUT2D eigenvalue weighted by molar-refractivity contribution is 8.27. The Labute approximate surface area is 213 Å². The van der Waals surface area contributed by atoms with Gasteiger partial charge in [0.1, 0.15) is 29.8 Å². The lowest BCUT2D eigenvalue weighted by molar-refractivity contribution is -0.114. The van der Waals surface area contributed by atoms with E-state index in [-0.39, 0.29) is 11.4 Å². The summed E-state index contributed by atoms with van der Waals surface area (Å²) in [7, 11) is 0. The molecule has 0 aliphatic carbocycles. The van der Waals surface area contributed by atoms with Crippen molar-refractivity contribution in [3.8, 4) is 11.5 Å². The Morgan fingerprint density at radius 3 is 2.56 bits per heavy atom. The second kappa shape index (κ2) is 10.2. The first-order valence-corrected chi connectivity index (χ1v) is 12.3. The number of carbonyl (C=O) groups excluding carboxylic acids is 1. The minimum Gasteiger partial charge on any atom is -0.490 e. The summed E-state index contributed by atoms with van der Waals surface area (Å²) in [5.41, 5.74) is 4.05. The van der Waals surface area contributed by atoms with Gasteiger partial charge in [0.05, 0.1) is 5.57 Å². The summed E-state index contributed by atoms with van der Waals surface area (Å²) in [5.74, 6) is 1.02. The number of para-hydroxylation sites is 1. The summed E-state index contributed by atoms with van der Waals surface area (Å²) in [4.78, 5) is 16.9. The van der Waals surface area contributed by atoms with Crippen molar-refractivity contribution in [3.63, 3.8) is 0 Å². The number of nitrogens with zero attached hydrogens (tertiary/aromatic N) is 3. The molecule has 2 aliphatic rings. The maximum absolute atomic E-state index is 12.8. The van der Waals surface area contributed by atoms with Crippen LogP contribution >= 0.6 is 11.8 Å². The van der Waals surface area contributed by atoms with E-state index in [9.17, 15) is 4.79 Å². The standard InChI is InChI=1S/C28H24N4O3S/c1-18-10-12-21(13-11-18)27-31-32-25(29)23(26(33)30-28(32)36-27)17-20-7-5-8-22(16-20)34-14-15-35-24-9-4-3-6-19(24)2/h3-13,16-17,29H,14-15H2,1-2H3/b23-17-,29-25?. The number of amidine groups is 2. The summed E-state index contributed by atoms with van der Waals surface area (Å²) >= 11 is 1.29. The highest BCUT2D eigenvalue weighted by Gasteiger charge is 2.36. The predicted octanol–water partition coefficient (Wildman–Crippen LogP) is 5.43. The number of amides is 1. The van der Waals surface area contributed by atoms with E-state index in [2.05, 4.69) is 10.1 Å². The number of aliphatic imine (C=N–C) groups is 1. The number of benzene rings is 3. The minimum absolute atomic E-state index is 0.00226. The van der Waals surface area contributed by atoms with Crippen LogP contribution < -0.4 is 9.47 Å². The number of hydrogen-bond donors (Lipinski definition) is 1. The fourth-order valence-electron chi connectivity index (χ4n) is 3.70. The van der Waals surface area contributed by atoms with Gasteiger partial charge in [-0.15, -0.1) is 0 Å². The maximum Gasteiger partial charge on any atom is 0.283 e. The average Bonchev–Trinajstić information content (AvgIpc) is 3.30. The second-order valence-corrected chi connectivity index (χ2v) is 9.28. The molecule has 3 aromatic rings. The number of rotatable bonds is 7. The fourth-order valence-corrected chi connectivity index (χ4v) is 4.59. The molecule has 7 nitrogen and oxygen atoms in total. The molecule has 0 saturated heterocycles. The number of fused-ring (bicyclic) bond motifs is 1. The summed E-state index contributed by atoms with van der Waals surface area (Å²) in [6.45, 7) is 4.80. The lowest BCUT2D eigenvalue weighted by Gasteiger charge is -2.20. The molecule has 0 atom stereocenters. The normalized spacial score (nSPS) is 16.1. The Hall–Kier alpha value is -4.17. The molecule has 2 heterocycles. The number of nitrogens with one attached hydrogen (secondary N) is 1. The van der Waals surface area contributed by atoms with Gasteiger partial charge in [-0.25, -0.2) is 0 Å². The monoisotopic (exact) mass is 496 g/mol. The Kier molecular flexibility index (Phi) is 6.69. The van der Waals surface area contributed by atoms with Gasteiger partial charge in [0, 0.05) is 5.56 Å². The van der Waals surface area contributed by atoms with Crippen molar-refractivity contribution >= 4 is 39.8 Å². The average molecular weight is 497 g/mol. The Morgan fingerprint density at radius 1 is 0.972 bits per heavy atom. The van der Waals surface area contributed by atoms with Gasteiger partial charge in [-0.05, 0) is 61.0 Å².